The van der Waals surface area contributed by atoms with Gasteiger partial charge in [0.1, 0.15) is 0 Å². The van der Waals surface area contributed by atoms with Gasteiger partial charge in [-0.15, -0.1) is 0 Å². The second-order valence-corrected chi connectivity index (χ2v) is 10.6. The van der Waals surface area contributed by atoms with Gasteiger partial charge < -0.3 is 29.7 Å². The predicted molar refractivity (Wildman–Crippen MR) is 188 cm³/mol. The Hall–Kier alpha value is -6.38. The summed E-state index contributed by atoms with van der Waals surface area (Å²) < 4.78 is 0. The first-order valence-corrected chi connectivity index (χ1v) is 15.3. The van der Waals surface area contributed by atoms with Crippen LogP contribution in [0.2, 0.25) is 0 Å². The molecular weight excluding hydrogens is 857 g/mol. The molecule has 0 amide bonds. The Morgan fingerprint density at radius 3 is 0.635 bits per heavy atom. The van der Waals surface area contributed by atoms with Crippen LogP contribution in [0, 0.1) is 0 Å². The van der Waals surface area contributed by atoms with E-state index in [1.165, 1.54) is 36.4 Å². The second-order valence-electron chi connectivity index (χ2n) is 10.6. The molecule has 0 saturated heterocycles. The van der Waals surface area contributed by atoms with Crippen LogP contribution < -0.4 is 15.3 Å². The van der Waals surface area contributed by atoms with Crippen LogP contribution in [0.15, 0.2) is 164 Å². The Bertz CT molecular complexity index is 1930. The number of carbonyl (C=O) groups is 6. The van der Waals surface area contributed by atoms with E-state index in [-0.39, 0.29) is 76.9 Å². The summed E-state index contributed by atoms with van der Waals surface area (Å²) >= 11 is 0. The number of carboxylic acids is 3. The standard InChI is InChI=1S/3C14H10O3.Bi/c3*15-13(10-6-2-1-3-7-10)11-8-4-5-9-12(11)14(16)17;/h3*1-9H,(H,16,17);/q;;;+3/p-3. The summed E-state index contributed by atoms with van der Waals surface area (Å²) in [4.78, 5) is 68.9. The molecule has 9 nitrogen and oxygen atoms in total. The van der Waals surface area contributed by atoms with Gasteiger partial charge in [0, 0.05) is 50.1 Å². The van der Waals surface area contributed by atoms with Gasteiger partial charge in [0.25, 0.3) is 0 Å². The predicted octanol–water partition coefficient (Wildman–Crippen LogP) is 3.46. The van der Waals surface area contributed by atoms with Gasteiger partial charge in [-0.05, 0) is 0 Å². The van der Waals surface area contributed by atoms with E-state index >= 15 is 0 Å². The first-order chi connectivity index (χ1) is 24.6. The van der Waals surface area contributed by atoms with Crippen LogP contribution in [-0.4, -0.2) is 61.5 Å². The third-order valence-electron chi connectivity index (χ3n) is 7.28. The van der Waals surface area contributed by atoms with Crippen LogP contribution in [0.1, 0.15) is 78.8 Å². The van der Waals surface area contributed by atoms with Crippen molar-refractivity contribution in [2.24, 2.45) is 0 Å². The van der Waals surface area contributed by atoms with Gasteiger partial charge in [0.05, 0.1) is 17.9 Å². The Morgan fingerprint density at radius 2 is 0.442 bits per heavy atom. The van der Waals surface area contributed by atoms with E-state index in [2.05, 4.69) is 0 Å². The van der Waals surface area contributed by atoms with Crippen molar-refractivity contribution in [1.29, 1.82) is 0 Å². The number of aromatic carboxylic acids is 3. The summed E-state index contributed by atoms with van der Waals surface area (Å²) in [5.41, 5.74) is 1.59. The minimum atomic E-state index is -1.34. The topological polar surface area (TPSA) is 172 Å². The molecule has 0 spiro atoms. The summed E-state index contributed by atoms with van der Waals surface area (Å²) in [7, 11) is 0. The molecule has 0 atom stereocenters. The summed E-state index contributed by atoms with van der Waals surface area (Å²) in [6.07, 6.45) is 0. The van der Waals surface area contributed by atoms with Crippen molar-refractivity contribution < 1.29 is 44.1 Å². The average molecular weight is 885 g/mol. The van der Waals surface area contributed by atoms with Crippen LogP contribution in [0.3, 0.4) is 0 Å². The Labute approximate surface area is 318 Å². The van der Waals surface area contributed by atoms with E-state index in [1.807, 2.05) is 0 Å². The normalized spacial score (nSPS) is 9.69. The summed E-state index contributed by atoms with van der Waals surface area (Å²) in [5, 5.41) is 32.7. The molecule has 0 heterocycles. The molecule has 6 rings (SSSR count). The minimum absolute atomic E-state index is 0. The molecule has 0 N–H and O–H groups in total. The summed E-state index contributed by atoms with van der Waals surface area (Å²) in [6.45, 7) is 0. The van der Waals surface area contributed by atoms with E-state index < -0.39 is 17.9 Å². The van der Waals surface area contributed by atoms with Crippen molar-refractivity contribution in [2.45, 2.75) is 0 Å². The fourth-order valence-corrected chi connectivity index (χ4v) is 4.81. The molecule has 52 heavy (non-hydrogen) atoms. The van der Waals surface area contributed by atoms with Crippen LogP contribution in [0.25, 0.3) is 0 Å². The fourth-order valence-electron chi connectivity index (χ4n) is 4.81. The van der Waals surface area contributed by atoms with Gasteiger partial charge in [-0.3, -0.25) is 14.4 Å². The maximum absolute atomic E-state index is 12.1. The fraction of sp³-hybridized carbons (Fsp3) is 0. The van der Waals surface area contributed by atoms with Gasteiger partial charge in [-0.2, -0.15) is 0 Å². The smallest absolute Gasteiger partial charge is 0.545 e. The van der Waals surface area contributed by atoms with E-state index in [4.69, 9.17) is 0 Å². The van der Waals surface area contributed by atoms with Crippen molar-refractivity contribution in [3.8, 4) is 0 Å². The van der Waals surface area contributed by atoms with Gasteiger partial charge in [-0.1, -0.05) is 164 Å². The van der Waals surface area contributed by atoms with E-state index in [0.29, 0.717) is 16.7 Å². The molecule has 0 fully saturated rings. The van der Waals surface area contributed by atoms with Crippen molar-refractivity contribution in [2.75, 3.05) is 0 Å². The number of ketones is 3. The average Bonchev–Trinajstić information content (AvgIpc) is 3.18. The van der Waals surface area contributed by atoms with Crippen molar-refractivity contribution in [3.05, 3.63) is 214 Å². The van der Waals surface area contributed by atoms with Crippen molar-refractivity contribution >= 4 is 61.5 Å². The number of hydrogen-bond donors (Lipinski definition) is 0. The molecule has 0 aliphatic carbocycles. The Balaban J connectivity index is 0.000000208. The molecule has 6 aromatic carbocycles. The zero-order chi connectivity index (χ0) is 36.8. The van der Waals surface area contributed by atoms with Gasteiger partial charge in [-0.25, -0.2) is 0 Å². The number of carbonyl (C=O) groups excluding carboxylic acids is 6. The summed E-state index contributed by atoms with van der Waals surface area (Å²) in [6, 6.07) is 43.8. The molecule has 0 bridgehead atoms. The molecule has 10 heteroatoms. The zero-order valence-corrected chi connectivity index (χ0v) is 30.7. The summed E-state index contributed by atoms with van der Waals surface area (Å²) in [5.74, 6) is -4.97. The SMILES string of the molecule is O=C([O-])c1ccccc1C(=O)c1ccccc1.O=C([O-])c1ccccc1C(=O)c1ccccc1.O=C([O-])c1ccccc1C(=O)c1ccccc1.[Bi+3]. The Morgan fingerprint density at radius 1 is 0.269 bits per heavy atom. The maximum atomic E-state index is 12.1. The van der Waals surface area contributed by atoms with Gasteiger partial charge in [0.15, 0.2) is 17.3 Å². The largest absolute Gasteiger partial charge is 3.00 e. The number of hydrogen-bond acceptors (Lipinski definition) is 9. The molecule has 0 saturated carbocycles. The molecule has 0 aliphatic rings. The van der Waals surface area contributed by atoms with Crippen LogP contribution in [0.4, 0.5) is 0 Å². The third-order valence-corrected chi connectivity index (χ3v) is 7.28. The molecule has 0 unspecified atom stereocenters. The molecular formula is C42H27BiO9. The molecule has 2 radical (unpaired) electrons. The quantitative estimate of drug-likeness (QED) is 0.156. The van der Waals surface area contributed by atoms with Gasteiger partial charge in [0.2, 0.25) is 0 Å². The second kappa shape index (κ2) is 19.7. The van der Waals surface area contributed by atoms with Gasteiger partial charge >= 0.3 is 26.2 Å². The number of rotatable bonds is 9. The monoisotopic (exact) mass is 884 g/mol. The van der Waals surface area contributed by atoms with E-state index in [1.54, 1.807) is 127 Å². The van der Waals surface area contributed by atoms with Crippen molar-refractivity contribution in [1.82, 2.24) is 0 Å². The maximum Gasteiger partial charge on any atom is 3.00 e. The van der Waals surface area contributed by atoms with E-state index in [0.717, 1.165) is 0 Å². The van der Waals surface area contributed by atoms with E-state index in [9.17, 15) is 44.1 Å². The molecule has 6 aromatic rings. The van der Waals surface area contributed by atoms with Crippen molar-refractivity contribution in [3.63, 3.8) is 0 Å². The molecule has 254 valence electrons. The number of benzene rings is 6. The first-order valence-electron chi connectivity index (χ1n) is 15.3. The van der Waals surface area contributed by atoms with Crippen LogP contribution >= 0.6 is 0 Å². The first kappa shape index (κ1) is 40.1. The van der Waals surface area contributed by atoms with Crippen LogP contribution in [-0.2, 0) is 0 Å². The molecule has 0 aromatic heterocycles. The Kier molecular flexibility index (Phi) is 15.2. The third kappa shape index (κ3) is 10.6. The van der Waals surface area contributed by atoms with Crippen LogP contribution in [0.5, 0.6) is 0 Å². The number of carboxylic acid groups (broad SMARTS) is 3. The minimum Gasteiger partial charge on any atom is -0.545 e. The zero-order valence-electron chi connectivity index (χ0n) is 27.2. The molecule has 0 aliphatic heterocycles.